The first-order chi connectivity index (χ1) is 7.70. The summed E-state index contributed by atoms with van der Waals surface area (Å²) in [5.41, 5.74) is 1.05. The Morgan fingerprint density at radius 2 is 2.06 bits per heavy atom. The van der Waals surface area contributed by atoms with Gasteiger partial charge in [0.1, 0.15) is 0 Å². The number of hydrogen-bond acceptors (Lipinski definition) is 2. The zero-order chi connectivity index (χ0) is 11.5. The van der Waals surface area contributed by atoms with Crippen LogP contribution >= 0.6 is 23.7 Å². The van der Waals surface area contributed by atoms with Gasteiger partial charge in [0.2, 0.25) is 0 Å². The average Bonchev–Trinajstić information content (AvgIpc) is 2.66. The van der Waals surface area contributed by atoms with Gasteiger partial charge in [-0.2, -0.15) is 0 Å². The molecule has 0 bridgehead atoms. The van der Waals surface area contributed by atoms with Crippen LogP contribution in [0.1, 0.15) is 48.5 Å². The number of carboxylic acids is 1. The van der Waals surface area contributed by atoms with Gasteiger partial charge in [-0.1, -0.05) is 19.3 Å². The minimum Gasteiger partial charge on any atom is -0.481 e. The normalized spacial score (nSPS) is 18.4. The highest BCUT2D eigenvalue weighted by Crippen LogP contribution is 2.38. The van der Waals surface area contributed by atoms with Crippen LogP contribution in [-0.4, -0.2) is 11.1 Å². The zero-order valence-corrected chi connectivity index (χ0v) is 11.6. The molecule has 0 saturated heterocycles. The Labute approximate surface area is 112 Å². The van der Waals surface area contributed by atoms with Crippen molar-refractivity contribution in [2.75, 3.05) is 0 Å². The van der Waals surface area contributed by atoms with Gasteiger partial charge in [0, 0.05) is 4.88 Å². The molecule has 0 aromatic carbocycles. The molecule has 1 aromatic rings. The quantitative estimate of drug-likeness (QED) is 0.896. The van der Waals surface area contributed by atoms with Crippen LogP contribution in [0.15, 0.2) is 11.4 Å². The standard InChI is InChI=1S/C13H18O2S.ClH/c1-9-11(7-8-16-9)12(13(14)15)10-5-3-2-4-6-10;/h7-8,10,12H,2-6H2,1H3,(H,14,15);1H. The second kappa shape index (κ2) is 6.41. The lowest BCUT2D eigenvalue weighted by Crippen LogP contribution is -2.23. The summed E-state index contributed by atoms with van der Waals surface area (Å²) >= 11 is 1.65. The second-order valence-corrected chi connectivity index (χ2v) is 5.77. The molecular weight excluding hydrogens is 256 g/mol. The number of carboxylic acid groups (broad SMARTS) is 1. The van der Waals surface area contributed by atoms with Crippen molar-refractivity contribution in [2.45, 2.75) is 44.9 Å². The van der Waals surface area contributed by atoms with Crippen LogP contribution in [0.2, 0.25) is 0 Å². The molecule has 0 amide bonds. The van der Waals surface area contributed by atoms with Crippen molar-refractivity contribution >= 4 is 29.7 Å². The fourth-order valence-electron chi connectivity index (χ4n) is 2.77. The number of thiophene rings is 1. The minimum atomic E-state index is -0.645. The molecule has 1 unspecified atom stereocenters. The smallest absolute Gasteiger partial charge is 0.311 e. The van der Waals surface area contributed by atoms with Crippen molar-refractivity contribution in [3.8, 4) is 0 Å². The molecule has 1 N–H and O–H groups in total. The second-order valence-electron chi connectivity index (χ2n) is 4.65. The molecule has 1 atom stereocenters. The highest BCUT2D eigenvalue weighted by molar-refractivity contribution is 7.10. The molecule has 1 saturated carbocycles. The Morgan fingerprint density at radius 1 is 1.41 bits per heavy atom. The van der Waals surface area contributed by atoms with E-state index in [9.17, 15) is 9.90 Å². The van der Waals surface area contributed by atoms with E-state index in [0.29, 0.717) is 5.92 Å². The molecule has 0 aliphatic heterocycles. The molecule has 0 spiro atoms. The van der Waals surface area contributed by atoms with E-state index in [2.05, 4.69) is 0 Å². The maximum atomic E-state index is 11.5. The molecule has 1 aliphatic rings. The first-order valence-electron chi connectivity index (χ1n) is 5.97. The summed E-state index contributed by atoms with van der Waals surface area (Å²) in [6, 6.07) is 1.99. The summed E-state index contributed by atoms with van der Waals surface area (Å²) in [7, 11) is 0. The van der Waals surface area contributed by atoms with Crippen LogP contribution in [-0.2, 0) is 4.79 Å². The third-order valence-electron chi connectivity index (χ3n) is 3.62. The Hall–Kier alpha value is -0.540. The maximum absolute atomic E-state index is 11.5. The van der Waals surface area contributed by atoms with Gasteiger partial charge in [-0.05, 0) is 42.7 Å². The van der Waals surface area contributed by atoms with E-state index in [4.69, 9.17) is 0 Å². The monoisotopic (exact) mass is 274 g/mol. The van der Waals surface area contributed by atoms with E-state index in [0.717, 1.165) is 23.3 Å². The van der Waals surface area contributed by atoms with Crippen LogP contribution in [0, 0.1) is 12.8 Å². The molecule has 1 heterocycles. The fraction of sp³-hybridized carbons (Fsp3) is 0.615. The lowest BCUT2D eigenvalue weighted by molar-refractivity contribution is -0.140. The number of hydrogen-bond donors (Lipinski definition) is 1. The van der Waals surface area contributed by atoms with Crippen molar-refractivity contribution in [3.63, 3.8) is 0 Å². The molecule has 0 radical (unpaired) electrons. The first-order valence-corrected chi connectivity index (χ1v) is 6.85. The van der Waals surface area contributed by atoms with Gasteiger partial charge < -0.3 is 5.11 Å². The van der Waals surface area contributed by atoms with Crippen molar-refractivity contribution < 1.29 is 9.90 Å². The van der Waals surface area contributed by atoms with E-state index in [-0.39, 0.29) is 18.3 Å². The Bertz CT molecular complexity index is 369. The van der Waals surface area contributed by atoms with Crippen LogP contribution in [0.25, 0.3) is 0 Å². The van der Waals surface area contributed by atoms with Gasteiger partial charge >= 0.3 is 5.97 Å². The van der Waals surface area contributed by atoms with Crippen LogP contribution < -0.4 is 0 Å². The highest BCUT2D eigenvalue weighted by Gasteiger charge is 2.31. The fourth-order valence-corrected chi connectivity index (χ4v) is 3.52. The van der Waals surface area contributed by atoms with Crippen molar-refractivity contribution in [3.05, 3.63) is 21.9 Å². The molecule has 96 valence electrons. The Morgan fingerprint density at radius 3 is 2.53 bits per heavy atom. The molecule has 1 aromatic heterocycles. The van der Waals surface area contributed by atoms with Gasteiger partial charge in [0.25, 0.3) is 0 Å². The number of aliphatic carboxylic acids is 1. The Kier molecular flexibility index (Phi) is 5.47. The molecule has 2 rings (SSSR count). The SMILES string of the molecule is Cc1sccc1C(C(=O)O)C1CCCCC1.Cl. The third-order valence-corrected chi connectivity index (χ3v) is 4.48. The van der Waals surface area contributed by atoms with Crippen molar-refractivity contribution in [2.24, 2.45) is 5.92 Å². The van der Waals surface area contributed by atoms with Crippen LogP contribution in [0.3, 0.4) is 0 Å². The lowest BCUT2D eigenvalue weighted by atomic mass is 9.77. The largest absolute Gasteiger partial charge is 0.481 e. The molecule has 1 aliphatic carbocycles. The number of rotatable bonds is 3. The number of aryl methyl sites for hydroxylation is 1. The van der Waals surface area contributed by atoms with Gasteiger partial charge in [0.15, 0.2) is 0 Å². The van der Waals surface area contributed by atoms with E-state index in [1.165, 1.54) is 19.3 Å². The third kappa shape index (κ3) is 3.23. The van der Waals surface area contributed by atoms with Crippen molar-refractivity contribution in [1.82, 2.24) is 0 Å². The summed E-state index contributed by atoms with van der Waals surface area (Å²) in [4.78, 5) is 12.6. The van der Waals surface area contributed by atoms with Gasteiger partial charge in [-0.3, -0.25) is 4.79 Å². The predicted octanol–water partition coefficient (Wildman–Crippen LogP) is 4.23. The molecule has 1 fully saturated rings. The van der Waals surface area contributed by atoms with E-state index >= 15 is 0 Å². The minimum absolute atomic E-state index is 0. The summed E-state index contributed by atoms with van der Waals surface area (Å²) in [5.74, 6) is -0.570. The van der Waals surface area contributed by atoms with Gasteiger partial charge in [-0.15, -0.1) is 23.7 Å². The van der Waals surface area contributed by atoms with E-state index in [1.54, 1.807) is 11.3 Å². The van der Waals surface area contributed by atoms with Crippen molar-refractivity contribution in [1.29, 1.82) is 0 Å². The Balaban J connectivity index is 0.00000144. The summed E-state index contributed by atoms with van der Waals surface area (Å²) in [5, 5.41) is 11.4. The average molecular weight is 275 g/mol. The molecule has 17 heavy (non-hydrogen) atoms. The van der Waals surface area contributed by atoms with Gasteiger partial charge in [-0.25, -0.2) is 0 Å². The van der Waals surface area contributed by atoms with Gasteiger partial charge in [0.05, 0.1) is 5.92 Å². The van der Waals surface area contributed by atoms with E-state index < -0.39 is 5.97 Å². The maximum Gasteiger partial charge on any atom is 0.311 e. The topological polar surface area (TPSA) is 37.3 Å². The van der Waals surface area contributed by atoms with E-state index in [1.807, 2.05) is 18.4 Å². The summed E-state index contributed by atoms with van der Waals surface area (Å²) in [6.45, 7) is 2.03. The molecule has 2 nitrogen and oxygen atoms in total. The summed E-state index contributed by atoms with van der Waals surface area (Å²) in [6.07, 6.45) is 5.80. The number of carbonyl (C=O) groups is 1. The molecule has 4 heteroatoms. The first kappa shape index (κ1) is 14.5. The lowest BCUT2D eigenvalue weighted by Gasteiger charge is -2.27. The molecular formula is C13H19ClO2S. The van der Waals surface area contributed by atoms with Crippen LogP contribution in [0.4, 0.5) is 0 Å². The predicted molar refractivity (Wildman–Crippen MR) is 73.3 cm³/mol. The number of halogens is 1. The summed E-state index contributed by atoms with van der Waals surface area (Å²) < 4.78 is 0. The highest BCUT2D eigenvalue weighted by atomic mass is 35.5. The van der Waals surface area contributed by atoms with Crippen LogP contribution in [0.5, 0.6) is 0 Å². The zero-order valence-electron chi connectivity index (χ0n) is 10.0.